The number of nitro benzene ring substituents is 1. The third-order valence-electron chi connectivity index (χ3n) is 4.03. The van der Waals surface area contributed by atoms with Crippen molar-refractivity contribution in [1.82, 2.24) is 0 Å². The third kappa shape index (κ3) is 4.33. The predicted molar refractivity (Wildman–Crippen MR) is 94.9 cm³/mol. The first-order valence-electron chi connectivity index (χ1n) is 8.08. The minimum absolute atomic E-state index is 0.00236. The lowest BCUT2D eigenvalue weighted by molar-refractivity contribution is -0.384. The number of hydrogen-bond acceptors (Lipinski definition) is 5. The fraction of sp³-hybridized carbons (Fsp3) is 0.278. The van der Waals surface area contributed by atoms with Crippen LogP contribution in [0.2, 0.25) is 0 Å². The maximum atomic E-state index is 12.3. The number of benzene rings is 2. The summed E-state index contributed by atoms with van der Waals surface area (Å²) in [5.74, 6) is -0.158. The average Bonchev–Trinajstić information content (AvgIpc) is 2.63. The highest BCUT2D eigenvalue weighted by atomic mass is 16.6. The molecule has 0 atom stereocenters. The Kier molecular flexibility index (Phi) is 5.25. The van der Waals surface area contributed by atoms with Gasteiger partial charge in [0.05, 0.1) is 35.9 Å². The van der Waals surface area contributed by atoms with E-state index in [0.717, 1.165) is 5.56 Å². The van der Waals surface area contributed by atoms with Crippen LogP contribution < -0.4 is 10.2 Å². The summed E-state index contributed by atoms with van der Waals surface area (Å²) in [5, 5.41) is 14.0. The average molecular weight is 341 g/mol. The number of carbonyl (C=O) groups excluding carboxylic acids is 1. The summed E-state index contributed by atoms with van der Waals surface area (Å²) >= 11 is 0. The Morgan fingerprint density at radius 1 is 1.16 bits per heavy atom. The van der Waals surface area contributed by atoms with Gasteiger partial charge in [0.2, 0.25) is 5.91 Å². The highest BCUT2D eigenvalue weighted by molar-refractivity contribution is 5.96. The van der Waals surface area contributed by atoms with E-state index in [4.69, 9.17) is 4.74 Å². The summed E-state index contributed by atoms with van der Waals surface area (Å²) in [7, 11) is 0. The highest BCUT2D eigenvalue weighted by Crippen LogP contribution is 2.31. The molecule has 1 aliphatic heterocycles. The summed E-state index contributed by atoms with van der Waals surface area (Å²) in [6.45, 7) is 2.37. The molecular weight excluding hydrogens is 322 g/mol. The van der Waals surface area contributed by atoms with Crippen molar-refractivity contribution in [1.29, 1.82) is 0 Å². The van der Waals surface area contributed by atoms with Crippen LogP contribution in [0.15, 0.2) is 48.5 Å². The van der Waals surface area contributed by atoms with Gasteiger partial charge in [0, 0.05) is 25.2 Å². The molecule has 25 heavy (non-hydrogen) atoms. The number of morpholine rings is 1. The lowest BCUT2D eigenvalue weighted by Crippen LogP contribution is -2.36. The zero-order valence-electron chi connectivity index (χ0n) is 13.7. The molecular formula is C18H19N3O4. The number of anilines is 2. The van der Waals surface area contributed by atoms with Crippen molar-refractivity contribution in [2.24, 2.45) is 0 Å². The van der Waals surface area contributed by atoms with Crippen LogP contribution in [0.4, 0.5) is 17.1 Å². The number of rotatable bonds is 5. The molecule has 0 bridgehead atoms. The van der Waals surface area contributed by atoms with Crippen molar-refractivity contribution >= 4 is 23.0 Å². The first kappa shape index (κ1) is 16.9. The molecule has 0 aromatic heterocycles. The minimum atomic E-state index is -0.431. The molecule has 1 saturated heterocycles. The molecule has 2 aromatic rings. The Morgan fingerprint density at radius 2 is 1.88 bits per heavy atom. The topological polar surface area (TPSA) is 84.7 Å². The van der Waals surface area contributed by atoms with Gasteiger partial charge in [-0.2, -0.15) is 0 Å². The quantitative estimate of drug-likeness (QED) is 0.667. The fourth-order valence-electron chi connectivity index (χ4n) is 2.78. The largest absolute Gasteiger partial charge is 0.378 e. The highest BCUT2D eigenvalue weighted by Gasteiger charge is 2.19. The van der Waals surface area contributed by atoms with Crippen molar-refractivity contribution in [3.63, 3.8) is 0 Å². The summed E-state index contributed by atoms with van der Waals surface area (Å²) in [6.07, 6.45) is 0.250. The lowest BCUT2D eigenvalue weighted by Gasteiger charge is -2.30. The van der Waals surface area contributed by atoms with Crippen LogP contribution in [0, 0.1) is 10.1 Å². The zero-order valence-corrected chi connectivity index (χ0v) is 13.7. The van der Waals surface area contributed by atoms with Crippen LogP contribution in [-0.4, -0.2) is 37.1 Å². The third-order valence-corrected chi connectivity index (χ3v) is 4.03. The number of nitrogens with zero attached hydrogens (tertiary/aromatic N) is 2. The Bertz CT molecular complexity index is 758. The molecule has 1 N–H and O–H groups in total. The van der Waals surface area contributed by atoms with E-state index in [9.17, 15) is 14.9 Å². The maximum absolute atomic E-state index is 12.3. The van der Waals surface area contributed by atoms with Crippen molar-refractivity contribution in [2.75, 3.05) is 36.5 Å². The fourth-order valence-corrected chi connectivity index (χ4v) is 2.78. The molecule has 7 heteroatoms. The zero-order chi connectivity index (χ0) is 17.6. The molecule has 2 aromatic carbocycles. The molecule has 1 heterocycles. The standard InChI is InChI=1S/C18H19N3O4/c22-18(12-14-4-2-1-3-5-14)19-16-7-6-15(21(23)24)13-17(16)20-8-10-25-11-9-20/h1-7,13H,8-12H2,(H,19,22). The van der Waals surface area contributed by atoms with E-state index in [1.165, 1.54) is 12.1 Å². The number of amides is 1. The van der Waals surface area contributed by atoms with E-state index in [2.05, 4.69) is 5.32 Å². The van der Waals surface area contributed by atoms with Gasteiger partial charge in [-0.15, -0.1) is 0 Å². The van der Waals surface area contributed by atoms with Gasteiger partial charge >= 0.3 is 0 Å². The predicted octanol–water partition coefficient (Wildman–Crippen LogP) is 2.61. The lowest BCUT2D eigenvalue weighted by atomic mass is 10.1. The van der Waals surface area contributed by atoms with E-state index in [1.807, 2.05) is 35.2 Å². The first-order chi connectivity index (χ1) is 12.1. The van der Waals surface area contributed by atoms with Crippen molar-refractivity contribution in [2.45, 2.75) is 6.42 Å². The summed E-state index contributed by atoms with van der Waals surface area (Å²) in [4.78, 5) is 25.0. The second-order valence-corrected chi connectivity index (χ2v) is 5.77. The number of nitro groups is 1. The van der Waals surface area contributed by atoms with Crippen molar-refractivity contribution in [3.8, 4) is 0 Å². The van der Waals surface area contributed by atoms with Gasteiger partial charge in [0.15, 0.2) is 0 Å². The summed E-state index contributed by atoms with van der Waals surface area (Å²) in [6, 6.07) is 13.9. The minimum Gasteiger partial charge on any atom is -0.378 e. The second-order valence-electron chi connectivity index (χ2n) is 5.77. The Labute approximate surface area is 145 Å². The van der Waals surface area contributed by atoms with Gasteiger partial charge in [0.1, 0.15) is 0 Å². The SMILES string of the molecule is O=C(Cc1ccccc1)Nc1ccc([N+](=O)[O-])cc1N1CCOCC1. The van der Waals surface area contributed by atoms with E-state index in [-0.39, 0.29) is 18.0 Å². The van der Waals surface area contributed by atoms with Gasteiger partial charge in [-0.05, 0) is 11.6 Å². The Balaban J connectivity index is 1.81. The van der Waals surface area contributed by atoms with E-state index in [1.54, 1.807) is 6.07 Å². The molecule has 3 rings (SSSR count). The van der Waals surface area contributed by atoms with Crippen molar-refractivity contribution < 1.29 is 14.5 Å². The van der Waals surface area contributed by atoms with Crippen LogP contribution in [0.1, 0.15) is 5.56 Å². The molecule has 0 spiro atoms. The van der Waals surface area contributed by atoms with E-state index in [0.29, 0.717) is 37.7 Å². The molecule has 7 nitrogen and oxygen atoms in total. The van der Waals surface area contributed by atoms with Gasteiger partial charge in [-0.25, -0.2) is 0 Å². The Hall–Kier alpha value is -2.93. The second kappa shape index (κ2) is 7.76. The normalized spacial score (nSPS) is 14.2. The molecule has 0 saturated carbocycles. The molecule has 1 aliphatic rings. The number of ether oxygens (including phenoxy) is 1. The van der Waals surface area contributed by atoms with Gasteiger partial charge in [-0.1, -0.05) is 30.3 Å². The number of hydrogen-bond donors (Lipinski definition) is 1. The maximum Gasteiger partial charge on any atom is 0.271 e. The van der Waals surface area contributed by atoms with Crippen LogP contribution in [0.3, 0.4) is 0 Å². The van der Waals surface area contributed by atoms with Crippen molar-refractivity contribution in [3.05, 3.63) is 64.2 Å². The summed E-state index contributed by atoms with van der Waals surface area (Å²) < 4.78 is 5.34. The van der Waals surface area contributed by atoms with Crippen LogP contribution in [0.5, 0.6) is 0 Å². The molecule has 0 unspecified atom stereocenters. The smallest absolute Gasteiger partial charge is 0.271 e. The van der Waals surface area contributed by atoms with Crippen LogP contribution in [-0.2, 0) is 16.0 Å². The number of nitrogens with one attached hydrogen (secondary N) is 1. The van der Waals surface area contributed by atoms with Gasteiger partial charge in [0.25, 0.3) is 5.69 Å². The van der Waals surface area contributed by atoms with Crippen LogP contribution >= 0.6 is 0 Å². The number of carbonyl (C=O) groups is 1. The Morgan fingerprint density at radius 3 is 2.56 bits per heavy atom. The molecule has 130 valence electrons. The first-order valence-corrected chi connectivity index (χ1v) is 8.08. The van der Waals surface area contributed by atoms with Gasteiger partial charge < -0.3 is 15.0 Å². The molecule has 0 radical (unpaired) electrons. The monoisotopic (exact) mass is 341 g/mol. The van der Waals surface area contributed by atoms with E-state index < -0.39 is 4.92 Å². The van der Waals surface area contributed by atoms with Crippen LogP contribution in [0.25, 0.3) is 0 Å². The molecule has 1 fully saturated rings. The van der Waals surface area contributed by atoms with Gasteiger partial charge in [-0.3, -0.25) is 14.9 Å². The summed E-state index contributed by atoms with van der Waals surface area (Å²) in [5.41, 5.74) is 2.14. The van der Waals surface area contributed by atoms with E-state index >= 15 is 0 Å². The molecule has 1 amide bonds. The number of non-ortho nitro benzene ring substituents is 1. The molecule has 0 aliphatic carbocycles.